The smallest absolute Gasteiger partial charge is 0.344 e. The first kappa shape index (κ1) is 19.4. The summed E-state index contributed by atoms with van der Waals surface area (Å²) in [5.74, 6) is 2.11. The maximum atomic E-state index is 11.9. The topological polar surface area (TPSA) is 63.2 Å². The molecule has 6 nitrogen and oxygen atoms in total. The molecule has 0 aliphatic rings. The minimum absolute atomic E-state index is 0.137. The Morgan fingerprint density at radius 3 is 2.08 bits per heavy atom. The van der Waals surface area contributed by atoms with Crippen molar-refractivity contribution in [3.05, 3.63) is 47.5 Å². The van der Waals surface area contributed by atoms with E-state index < -0.39 is 5.97 Å². The number of esters is 1. The first-order chi connectivity index (χ1) is 12.6. The maximum Gasteiger partial charge on any atom is 0.344 e. The monoisotopic (exact) mass is 360 g/mol. The summed E-state index contributed by atoms with van der Waals surface area (Å²) in [7, 11) is 3.14. The van der Waals surface area contributed by atoms with Crippen LogP contribution in [-0.2, 0) is 16.1 Å². The molecule has 2 aromatic rings. The number of aryl methyl sites for hydroxylation is 1. The van der Waals surface area contributed by atoms with E-state index in [1.54, 1.807) is 44.6 Å². The molecule has 0 unspecified atom stereocenters. The summed E-state index contributed by atoms with van der Waals surface area (Å²) in [5, 5.41) is 0. The molecule has 0 aromatic heterocycles. The number of ether oxygens (including phenoxy) is 5. The molecule has 26 heavy (non-hydrogen) atoms. The van der Waals surface area contributed by atoms with Crippen molar-refractivity contribution in [1.82, 2.24) is 0 Å². The number of carbonyl (C=O) groups is 1. The third kappa shape index (κ3) is 5.31. The van der Waals surface area contributed by atoms with Crippen molar-refractivity contribution < 1.29 is 28.5 Å². The predicted molar refractivity (Wildman–Crippen MR) is 97.2 cm³/mol. The number of rotatable bonds is 9. The fraction of sp³-hybridized carbons (Fsp3) is 0.350. The van der Waals surface area contributed by atoms with Gasteiger partial charge < -0.3 is 23.7 Å². The van der Waals surface area contributed by atoms with E-state index in [9.17, 15) is 4.79 Å². The predicted octanol–water partition coefficient (Wildman–Crippen LogP) is 3.53. The average Bonchev–Trinajstić information content (AvgIpc) is 2.66. The standard InChI is InChI=1S/C20H24O6/c1-5-24-16-6-8-17(9-7-16)25-13-20(21)26-12-15-11-19(23-4)18(22-3)10-14(15)2/h6-11H,5,12-13H2,1-4H3. The van der Waals surface area contributed by atoms with E-state index in [0.29, 0.717) is 23.9 Å². The van der Waals surface area contributed by atoms with Crippen LogP contribution < -0.4 is 18.9 Å². The van der Waals surface area contributed by atoms with Gasteiger partial charge in [-0.25, -0.2) is 4.79 Å². The number of carbonyl (C=O) groups excluding carboxylic acids is 1. The molecule has 6 heteroatoms. The molecule has 0 aliphatic heterocycles. The average molecular weight is 360 g/mol. The Morgan fingerprint density at radius 2 is 1.50 bits per heavy atom. The van der Waals surface area contributed by atoms with Crippen LogP contribution in [0.2, 0.25) is 0 Å². The maximum absolute atomic E-state index is 11.9. The van der Waals surface area contributed by atoms with Crippen LogP contribution in [0.4, 0.5) is 0 Å². The van der Waals surface area contributed by atoms with Gasteiger partial charge >= 0.3 is 5.97 Å². The van der Waals surface area contributed by atoms with Crippen molar-refractivity contribution in [2.24, 2.45) is 0 Å². The Labute approximate surface area is 153 Å². The normalized spacial score (nSPS) is 10.2. The Hall–Kier alpha value is -2.89. The number of benzene rings is 2. The van der Waals surface area contributed by atoms with Crippen molar-refractivity contribution in [1.29, 1.82) is 0 Å². The molecule has 0 fully saturated rings. The van der Waals surface area contributed by atoms with Crippen molar-refractivity contribution in [3.63, 3.8) is 0 Å². The first-order valence-corrected chi connectivity index (χ1v) is 8.30. The van der Waals surface area contributed by atoms with Gasteiger partial charge in [-0.3, -0.25) is 0 Å². The van der Waals surface area contributed by atoms with Gasteiger partial charge in [-0.2, -0.15) is 0 Å². The molecule has 0 heterocycles. The number of hydrogen-bond donors (Lipinski definition) is 0. The molecule has 0 saturated carbocycles. The molecule has 140 valence electrons. The summed E-state index contributed by atoms with van der Waals surface area (Å²) in [5.41, 5.74) is 1.79. The molecule has 0 aliphatic carbocycles. The van der Waals surface area contributed by atoms with Gasteiger partial charge in [0.25, 0.3) is 0 Å². The third-order valence-electron chi connectivity index (χ3n) is 3.72. The van der Waals surface area contributed by atoms with E-state index in [4.69, 9.17) is 23.7 Å². The highest BCUT2D eigenvalue weighted by Crippen LogP contribution is 2.30. The molecule has 2 aromatic carbocycles. The lowest BCUT2D eigenvalue weighted by Gasteiger charge is -2.13. The zero-order valence-corrected chi connectivity index (χ0v) is 15.5. The zero-order valence-electron chi connectivity index (χ0n) is 15.5. The lowest BCUT2D eigenvalue weighted by Crippen LogP contribution is -2.15. The second-order valence-corrected chi connectivity index (χ2v) is 5.49. The largest absolute Gasteiger partial charge is 0.494 e. The van der Waals surface area contributed by atoms with E-state index in [-0.39, 0.29) is 13.2 Å². The van der Waals surface area contributed by atoms with Gasteiger partial charge in [0.05, 0.1) is 20.8 Å². The van der Waals surface area contributed by atoms with Crippen molar-refractivity contribution in [2.45, 2.75) is 20.5 Å². The molecule has 0 radical (unpaired) electrons. The highest BCUT2D eigenvalue weighted by Gasteiger charge is 2.11. The zero-order chi connectivity index (χ0) is 18.9. The fourth-order valence-corrected chi connectivity index (χ4v) is 2.32. The Balaban J connectivity index is 1.86. The van der Waals surface area contributed by atoms with E-state index in [1.165, 1.54) is 0 Å². The summed E-state index contributed by atoms with van der Waals surface area (Å²) < 4.78 is 26.6. The van der Waals surface area contributed by atoms with Gasteiger partial charge in [0.15, 0.2) is 18.1 Å². The highest BCUT2D eigenvalue weighted by molar-refractivity contribution is 5.71. The minimum atomic E-state index is -0.451. The van der Waals surface area contributed by atoms with Crippen LogP contribution in [0.15, 0.2) is 36.4 Å². The van der Waals surface area contributed by atoms with Crippen LogP contribution in [0.3, 0.4) is 0 Å². The van der Waals surface area contributed by atoms with Crippen LogP contribution >= 0.6 is 0 Å². The molecule has 0 atom stereocenters. The molecular formula is C20H24O6. The lowest BCUT2D eigenvalue weighted by atomic mass is 10.1. The summed E-state index contributed by atoms with van der Waals surface area (Å²) in [6, 6.07) is 10.7. The van der Waals surface area contributed by atoms with Crippen LogP contribution in [0.25, 0.3) is 0 Å². The van der Waals surface area contributed by atoms with E-state index >= 15 is 0 Å². The van der Waals surface area contributed by atoms with Gasteiger partial charge in [-0.05, 0) is 61.4 Å². The van der Waals surface area contributed by atoms with E-state index in [0.717, 1.165) is 16.9 Å². The molecule has 2 rings (SSSR count). The SMILES string of the molecule is CCOc1ccc(OCC(=O)OCc2cc(OC)c(OC)cc2C)cc1. The molecule has 0 spiro atoms. The van der Waals surface area contributed by atoms with Crippen LogP contribution in [0.5, 0.6) is 23.0 Å². The van der Waals surface area contributed by atoms with Crippen LogP contribution in [-0.4, -0.2) is 33.4 Å². The summed E-state index contributed by atoms with van der Waals surface area (Å²) >= 11 is 0. The molecular weight excluding hydrogens is 336 g/mol. The van der Waals surface area contributed by atoms with Gasteiger partial charge in [-0.1, -0.05) is 0 Å². The van der Waals surface area contributed by atoms with E-state index in [2.05, 4.69) is 0 Å². The lowest BCUT2D eigenvalue weighted by molar-refractivity contribution is -0.147. The molecule has 0 bridgehead atoms. The third-order valence-corrected chi connectivity index (χ3v) is 3.72. The van der Waals surface area contributed by atoms with Gasteiger partial charge in [0, 0.05) is 0 Å². The Kier molecular flexibility index (Phi) is 7.14. The van der Waals surface area contributed by atoms with E-state index in [1.807, 2.05) is 19.9 Å². The summed E-state index contributed by atoms with van der Waals surface area (Å²) in [6.07, 6.45) is 0. The van der Waals surface area contributed by atoms with Gasteiger partial charge in [0.1, 0.15) is 18.1 Å². The Morgan fingerprint density at radius 1 is 0.923 bits per heavy atom. The van der Waals surface area contributed by atoms with Gasteiger partial charge in [0.2, 0.25) is 0 Å². The molecule has 0 N–H and O–H groups in total. The highest BCUT2D eigenvalue weighted by atomic mass is 16.6. The number of methoxy groups -OCH3 is 2. The number of hydrogen-bond acceptors (Lipinski definition) is 6. The van der Waals surface area contributed by atoms with Crippen molar-refractivity contribution in [3.8, 4) is 23.0 Å². The Bertz CT molecular complexity index is 724. The second-order valence-electron chi connectivity index (χ2n) is 5.49. The van der Waals surface area contributed by atoms with Crippen LogP contribution in [0, 0.1) is 6.92 Å². The first-order valence-electron chi connectivity index (χ1n) is 8.30. The molecule has 0 saturated heterocycles. The van der Waals surface area contributed by atoms with Crippen molar-refractivity contribution >= 4 is 5.97 Å². The second kappa shape index (κ2) is 9.56. The van der Waals surface area contributed by atoms with Crippen LogP contribution in [0.1, 0.15) is 18.1 Å². The quantitative estimate of drug-likeness (QED) is 0.638. The fourth-order valence-electron chi connectivity index (χ4n) is 2.32. The molecule has 0 amide bonds. The minimum Gasteiger partial charge on any atom is -0.494 e. The van der Waals surface area contributed by atoms with Crippen molar-refractivity contribution in [2.75, 3.05) is 27.4 Å². The van der Waals surface area contributed by atoms with Gasteiger partial charge in [-0.15, -0.1) is 0 Å². The summed E-state index contributed by atoms with van der Waals surface area (Å²) in [4.78, 5) is 11.9. The summed E-state index contributed by atoms with van der Waals surface area (Å²) in [6.45, 7) is 4.40.